The number of H-pyrrole nitrogens is 1. The number of nitrogens with one attached hydrogen (secondary N) is 2. The van der Waals surface area contributed by atoms with Crippen LogP contribution in [0.3, 0.4) is 0 Å². The number of para-hydroxylation sites is 1. The van der Waals surface area contributed by atoms with E-state index in [1.54, 1.807) is 18.2 Å². The van der Waals surface area contributed by atoms with Crippen molar-refractivity contribution in [3.8, 4) is 23.0 Å². The first-order valence-corrected chi connectivity index (χ1v) is 12.0. The van der Waals surface area contributed by atoms with Gasteiger partial charge in [-0.3, -0.25) is 4.79 Å². The molecule has 2 bridgehead atoms. The summed E-state index contributed by atoms with van der Waals surface area (Å²) in [7, 11) is 0. The van der Waals surface area contributed by atoms with Crippen LogP contribution in [0.1, 0.15) is 25.7 Å². The van der Waals surface area contributed by atoms with Crippen molar-refractivity contribution in [1.29, 1.82) is 0 Å². The van der Waals surface area contributed by atoms with E-state index in [4.69, 9.17) is 4.74 Å². The van der Waals surface area contributed by atoms with E-state index in [-0.39, 0.29) is 35.1 Å². The zero-order valence-corrected chi connectivity index (χ0v) is 19.2. The quantitative estimate of drug-likeness (QED) is 0.307. The van der Waals surface area contributed by atoms with Gasteiger partial charge < -0.3 is 20.1 Å². The van der Waals surface area contributed by atoms with E-state index in [2.05, 4.69) is 20.3 Å². The predicted molar refractivity (Wildman–Crippen MR) is 130 cm³/mol. The van der Waals surface area contributed by atoms with Gasteiger partial charge in [-0.05, 0) is 55.7 Å². The van der Waals surface area contributed by atoms with Gasteiger partial charge in [0.2, 0.25) is 5.88 Å². The van der Waals surface area contributed by atoms with Gasteiger partial charge in [0.1, 0.15) is 23.2 Å². The number of fused-ring (bicyclic) bond motifs is 4. The Labute approximate surface area is 205 Å². The van der Waals surface area contributed by atoms with Crippen molar-refractivity contribution in [2.24, 2.45) is 17.8 Å². The van der Waals surface area contributed by atoms with Crippen LogP contribution in [-0.2, 0) is 4.79 Å². The Morgan fingerprint density at radius 1 is 1.03 bits per heavy atom. The van der Waals surface area contributed by atoms with Crippen molar-refractivity contribution in [2.75, 3.05) is 5.32 Å². The molecule has 36 heavy (non-hydrogen) atoms. The van der Waals surface area contributed by atoms with E-state index in [0.717, 1.165) is 31.7 Å². The second-order valence-corrected chi connectivity index (χ2v) is 9.55. The minimum atomic E-state index is -0.806. The smallest absolute Gasteiger partial charge is 0.308 e. The summed E-state index contributed by atoms with van der Waals surface area (Å²) in [6.45, 7) is 0. The van der Waals surface area contributed by atoms with Gasteiger partial charge in [-0.25, -0.2) is 13.8 Å². The van der Waals surface area contributed by atoms with Crippen LogP contribution in [0.2, 0.25) is 0 Å². The number of hydrogen-bond acceptors (Lipinski definition) is 5. The van der Waals surface area contributed by atoms with Gasteiger partial charge in [-0.15, -0.1) is 0 Å². The Hall–Kier alpha value is -4.01. The Kier molecular flexibility index (Phi) is 5.55. The standard InChI is InChI=1S/C27H24F2N4O3/c28-16-10-18-19(13-30-25(18)20(29)11-16)26-32-21(12-22(33-26)36-17-4-2-1-3-5-17)31-24-15-8-6-14(7-9-15)23(24)27(34)35/h1-5,10-15,23-24,30H,6-9H2,(H,34,35)(H,31,32,33)/t14?,15?,23-,24-/m1/s1. The molecule has 2 aromatic carbocycles. The second kappa shape index (κ2) is 8.89. The molecule has 3 aliphatic carbocycles. The first-order valence-electron chi connectivity index (χ1n) is 12.0. The van der Waals surface area contributed by atoms with Crippen molar-refractivity contribution in [3.63, 3.8) is 0 Å². The van der Waals surface area contributed by atoms with Crippen molar-refractivity contribution in [2.45, 2.75) is 31.7 Å². The van der Waals surface area contributed by atoms with E-state index in [1.807, 2.05) is 18.2 Å². The van der Waals surface area contributed by atoms with Gasteiger partial charge in [0.25, 0.3) is 0 Å². The lowest BCUT2D eigenvalue weighted by atomic mass is 9.61. The topological polar surface area (TPSA) is 100 Å². The van der Waals surface area contributed by atoms with Gasteiger partial charge in [-0.1, -0.05) is 18.2 Å². The Bertz CT molecular complexity index is 1430. The number of benzene rings is 2. The lowest BCUT2D eigenvalue weighted by Gasteiger charge is -2.47. The Balaban J connectivity index is 1.43. The van der Waals surface area contributed by atoms with Gasteiger partial charge >= 0.3 is 5.97 Å². The molecule has 4 aromatic rings. The minimum absolute atomic E-state index is 0.130. The lowest BCUT2D eigenvalue weighted by Crippen LogP contribution is -2.51. The monoisotopic (exact) mass is 490 g/mol. The molecule has 2 atom stereocenters. The highest BCUT2D eigenvalue weighted by atomic mass is 19.1. The van der Waals surface area contributed by atoms with Crippen LogP contribution in [0.15, 0.2) is 54.7 Å². The zero-order valence-electron chi connectivity index (χ0n) is 19.2. The number of aliphatic carboxylic acids is 1. The summed E-state index contributed by atoms with van der Waals surface area (Å²) in [6.07, 6.45) is 5.31. The molecule has 184 valence electrons. The van der Waals surface area contributed by atoms with Gasteiger partial charge in [0, 0.05) is 35.3 Å². The number of aromatic amines is 1. The number of carbonyl (C=O) groups is 1. The van der Waals surface area contributed by atoms with Crippen molar-refractivity contribution in [1.82, 2.24) is 15.0 Å². The molecule has 0 unspecified atom stereocenters. The summed E-state index contributed by atoms with van der Waals surface area (Å²) >= 11 is 0. The number of nitrogens with zero attached hydrogens (tertiary/aromatic N) is 2. The fourth-order valence-electron chi connectivity index (χ4n) is 5.80. The summed E-state index contributed by atoms with van der Waals surface area (Å²) in [5, 5.41) is 13.6. The molecule has 0 radical (unpaired) electrons. The minimum Gasteiger partial charge on any atom is -0.481 e. The fourth-order valence-corrected chi connectivity index (χ4v) is 5.80. The molecule has 2 heterocycles. The number of halogens is 2. The highest BCUT2D eigenvalue weighted by Gasteiger charge is 2.47. The first kappa shape index (κ1) is 22.5. The molecule has 0 spiro atoms. The molecular formula is C27H24F2N4O3. The molecule has 3 N–H and O–H groups in total. The van der Waals surface area contributed by atoms with E-state index in [1.165, 1.54) is 12.3 Å². The molecular weight excluding hydrogens is 466 g/mol. The maximum atomic E-state index is 14.3. The number of hydrogen-bond donors (Lipinski definition) is 3. The third kappa shape index (κ3) is 4.04. The number of carboxylic acids is 1. The van der Waals surface area contributed by atoms with E-state index in [0.29, 0.717) is 22.5 Å². The molecule has 3 aliphatic rings. The van der Waals surface area contributed by atoms with Crippen molar-refractivity contribution in [3.05, 3.63) is 66.4 Å². The molecule has 3 saturated carbocycles. The summed E-state index contributed by atoms with van der Waals surface area (Å²) in [5.41, 5.74) is 0.555. The number of carboxylic acid groups (broad SMARTS) is 1. The molecule has 0 aliphatic heterocycles. The van der Waals surface area contributed by atoms with Crippen LogP contribution in [0.4, 0.5) is 14.6 Å². The Morgan fingerprint density at radius 3 is 2.53 bits per heavy atom. The maximum Gasteiger partial charge on any atom is 0.308 e. The van der Waals surface area contributed by atoms with E-state index < -0.39 is 23.5 Å². The highest BCUT2D eigenvalue weighted by molar-refractivity contribution is 5.94. The average molecular weight is 491 g/mol. The molecule has 0 saturated heterocycles. The summed E-state index contributed by atoms with van der Waals surface area (Å²) in [6, 6.07) is 12.5. The third-order valence-corrected chi connectivity index (χ3v) is 7.43. The highest BCUT2D eigenvalue weighted by Crippen LogP contribution is 2.46. The fraction of sp³-hybridized carbons (Fsp3) is 0.296. The summed E-state index contributed by atoms with van der Waals surface area (Å²) < 4.78 is 34.4. The normalized spacial score (nSPS) is 23.1. The third-order valence-electron chi connectivity index (χ3n) is 7.43. The molecule has 7 nitrogen and oxygen atoms in total. The van der Waals surface area contributed by atoms with Gasteiger partial charge in [0.15, 0.2) is 5.82 Å². The summed E-state index contributed by atoms with van der Waals surface area (Å²) in [5.74, 6) is -0.986. The lowest BCUT2D eigenvalue weighted by molar-refractivity contribution is -0.148. The van der Waals surface area contributed by atoms with Crippen LogP contribution in [0.5, 0.6) is 11.6 Å². The van der Waals surface area contributed by atoms with Crippen LogP contribution in [0.25, 0.3) is 22.3 Å². The first-order chi connectivity index (χ1) is 17.5. The van der Waals surface area contributed by atoms with Crippen LogP contribution < -0.4 is 10.1 Å². The second-order valence-electron chi connectivity index (χ2n) is 9.55. The zero-order chi connectivity index (χ0) is 24.8. The number of anilines is 1. The molecule has 9 heteroatoms. The molecule has 0 amide bonds. The van der Waals surface area contributed by atoms with Gasteiger partial charge in [0.05, 0.1) is 11.4 Å². The van der Waals surface area contributed by atoms with Crippen molar-refractivity contribution >= 4 is 22.7 Å². The number of aromatic nitrogens is 3. The summed E-state index contributed by atoms with van der Waals surface area (Å²) in [4.78, 5) is 24.1. The largest absolute Gasteiger partial charge is 0.481 e. The van der Waals surface area contributed by atoms with Gasteiger partial charge in [-0.2, -0.15) is 4.98 Å². The van der Waals surface area contributed by atoms with E-state index in [9.17, 15) is 18.7 Å². The average Bonchev–Trinajstić information content (AvgIpc) is 3.29. The van der Waals surface area contributed by atoms with Crippen LogP contribution in [-0.4, -0.2) is 32.1 Å². The van der Waals surface area contributed by atoms with Crippen LogP contribution in [0, 0.1) is 29.4 Å². The Morgan fingerprint density at radius 2 is 1.78 bits per heavy atom. The van der Waals surface area contributed by atoms with Crippen LogP contribution >= 0.6 is 0 Å². The number of ether oxygens (including phenoxy) is 1. The molecule has 3 fully saturated rings. The molecule has 2 aromatic heterocycles. The van der Waals surface area contributed by atoms with E-state index >= 15 is 0 Å². The SMILES string of the molecule is O=C(O)[C@@H]1C2CCC(CC2)[C@H]1Nc1cc(Oc2ccccc2)nc(-c2c[nH]c3c(F)cc(F)cc23)n1. The maximum absolute atomic E-state index is 14.3. The van der Waals surface area contributed by atoms with Crippen molar-refractivity contribution < 1.29 is 23.4 Å². The number of rotatable bonds is 6. The predicted octanol–water partition coefficient (Wildman–Crippen LogP) is 6.00. The molecule has 7 rings (SSSR count).